The van der Waals surface area contributed by atoms with E-state index in [9.17, 15) is 0 Å². The van der Waals surface area contributed by atoms with Crippen LogP contribution >= 0.6 is 24.0 Å². The first kappa shape index (κ1) is 6.26. The highest BCUT2D eigenvalue weighted by atomic mass is 32.2. The highest BCUT2D eigenvalue weighted by Crippen LogP contribution is 2.17. The molecule has 3 heteroatoms. The molecule has 0 aromatic heterocycles. The van der Waals surface area contributed by atoms with E-state index in [-0.39, 0.29) is 6.10 Å². The van der Waals surface area contributed by atoms with Gasteiger partial charge in [-0.25, -0.2) is 0 Å². The summed E-state index contributed by atoms with van der Waals surface area (Å²) in [6.45, 7) is 0. The fraction of sp³-hybridized carbons (Fsp3) is 0.400. The molecule has 1 rings (SSSR count). The molecular formula is C5H6OS2. The first-order chi connectivity index (χ1) is 3.80. The lowest BCUT2D eigenvalue weighted by molar-refractivity contribution is 0.250. The average molecular weight is 146 g/mol. The zero-order valence-corrected chi connectivity index (χ0v) is 5.84. The molecule has 1 heterocycles. The number of thiocarbonyl (C=S) groups is 1. The number of hydrogen-bond acceptors (Lipinski definition) is 3. The maximum Gasteiger partial charge on any atom is 0.0987 e. The van der Waals surface area contributed by atoms with Crippen molar-refractivity contribution in [2.24, 2.45) is 0 Å². The molecule has 1 atom stereocenters. The summed E-state index contributed by atoms with van der Waals surface area (Å²) >= 11 is 6.22. The molecule has 0 fully saturated rings. The normalized spacial score (nSPS) is 28.6. The summed E-state index contributed by atoms with van der Waals surface area (Å²) in [6.07, 6.45) is 2.22. The smallest absolute Gasteiger partial charge is 0.0987 e. The van der Waals surface area contributed by atoms with E-state index in [0.29, 0.717) is 10.6 Å². The summed E-state index contributed by atoms with van der Waals surface area (Å²) in [5.74, 6) is 0. The van der Waals surface area contributed by atoms with E-state index in [4.69, 9.17) is 17.3 Å². The predicted molar refractivity (Wildman–Crippen MR) is 40.0 cm³/mol. The van der Waals surface area contributed by atoms with Gasteiger partial charge >= 0.3 is 0 Å². The van der Waals surface area contributed by atoms with E-state index in [1.807, 2.05) is 11.5 Å². The number of aliphatic hydroxyl groups is 1. The SMILES string of the molecule is OC1CC=CSC1=S. The van der Waals surface area contributed by atoms with Crippen molar-refractivity contribution in [3.05, 3.63) is 11.5 Å². The van der Waals surface area contributed by atoms with Crippen LogP contribution < -0.4 is 0 Å². The molecule has 8 heavy (non-hydrogen) atoms. The van der Waals surface area contributed by atoms with E-state index >= 15 is 0 Å². The van der Waals surface area contributed by atoms with Gasteiger partial charge in [-0.15, -0.1) is 0 Å². The molecule has 1 aliphatic heterocycles. The lowest BCUT2D eigenvalue weighted by Crippen LogP contribution is -2.15. The maximum atomic E-state index is 8.96. The Morgan fingerprint density at radius 3 is 3.00 bits per heavy atom. The van der Waals surface area contributed by atoms with Gasteiger partial charge in [-0.05, 0) is 11.8 Å². The van der Waals surface area contributed by atoms with Crippen LogP contribution in [0.4, 0.5) is 0 Å². The lowest BCUT2D eigenvalue weighted by atomic mass is 10.3. The quantitative estimate of drug-likeness (QED) is 0.521. The molecule has 44 valence electrons. The highest BCUT2D eigenvalue weighted by Gasteiger charge is 2.10. The second-order valence-electron chi connectivity index (χ2n) is 1.56. The summed E-state index contributed by atoms with van der Waals surface area (Å²) in [5, 5.41) is 10.9. The molecule has 0 radical (unpaired) electrons. The van der Waals surface area contributed by atoms with Crippen LogP contribution in [-0.4, -0.2) is 15.4 Å². The van der Waals surface area contributed by atoms with Crippen molar-refractivity contribution in [2.45, 2.75) is 12.5 Å². The first-order valence-electron chi connectivity index (χ1n) is 2.34. The van der Waals surface area contributed by atoms with Crippen LogP contribution in [0.5, 0.6) is 0 Å². The van der Waals surface area contributed by atoms with Gasteiger partial charge in [0.25, 0.3) is 0 Å². The van der Waals surface area contributed by atoms with E-state index in [1.54, 1.807) is 0 Å². The van der Waals surface area contributed by atoms with E-state index in [1.165, 1.54) is 11.8 Å². The third kappa shape index (κ3) is 1.31. The highest BCUT2D eigenvalue weighted by molar-refractivity contribution is 8.25. The number of thioether (sulfide) groups is 1. The van der Waals surface area contributed by atoms with Crippen molar-refractivity contribution < 1.29 is 5.11 Å². The van der Waals surface area contributed by atoms with Gasteiger partial charge in [0.15, 0.2) is 0 Å². The van der Waals surface area contributed by atoms with E-state index < -0.39 is 0 Å². The molecule has 0 bridgehead atoms. The van der Waals surface area contributed by atoms with Crippen LogP contribution in [0.2, 0.25) is 0 Å². The minimum atomic E-state index is -0.389. The number of rotatable bonds is 0. The zero-order valence-electron chi connectivity index (χ0n) is 4.20. The van der Waals surface area contributed by atoms with Crippen LogP contribution in [0.3, 0.4) is 0 Å². The van der Waals surface area contributed by atoms with Crippen LogP contribution in [-0.2, 0) is 0 Å². The minimum absolute atomic E-state index is 0.389. The fourth-order valence-electron chi connectivity index (χ4n) is 0.474. The molecule has 1 N–H and O–H groups in total. The molecule has 1 aliphatic rings. The van der Waals surface area contributed by atoms with Crippen LogP contribution in [0.1, 0.15) is 6.42 Å². The van der Waals surface area contributed by atoms with Gasteiger partial charge in [0, 0.05) is 0 Å². The number of aliphatic hydroxyl groups excluding tert-OH is 1. The van der Waals surface area contributed by atoms with Crippen molar-refractivity contribution in [2.75, 3.05) is 0 Å². The number of hydrogen-bond donors (Lipinski definition) is 1. The Balaban J connectivity index is 2.57. The fourth-order valence-corrected chi connectivity index (χ4v) is 1.33. The Hall–Kier alpha value is 0.140. The monoisotopic (exact) mass is 146 g/mol. The molecule has 0 aromatic carbocycles. The molecule has 0 saturated heterocycles. The topological polar surface area (TPSA) is 20.2 Å². The molecular weight excluding hydrogens is 140 g/mol. The molecule has 0 aliphatic carbocycles. The Labute approximate surface area is 57.8 Å². The first-order valence-corrected chi connectivity index (χ1v) is 3.63. The standard InChI is InChI=1S/C5H6OS2/c6-4-2-1-3-8-5(4)7/h1,3-4,6H,2H2. The molecule has 0 amide bonds. The van der Waals surface area contributed by atoms with Crippen molar-refractivity contribution >= 4 is 28.2 Å². The molecule has 0 aromatic rings. The van der Waals surface area contributed by atoms with Crippen LogP contribution in [0.25, 0.3) is 0 Å². The van der Waals surface area contributed by atoms with Gasteiger partial charge < -0.3 is 5.11 Å². The van der Waals surface area contributed by atoms with E-state index in [2.05, 4.69) is 0 Å². The van der Waals surface area contributed by atoms with Crippen molar-refractivity contribution in [1.82, 2.24) is 0 Å². The summed E-state index contributed by atoms with van der Waals surface area (Å²) in [6, 6.07) is 0. The predicted octanol–water partition coefficient (Wildman–Crippen LogP) is 1.33. The van der Waals surface area contributed by atoms with Crippen LogP contribution in [0.15, 0.2) is 11.5 Å². The minimum Gasteiger partial charge on any atom is -0.387 e. The Morgan fingerprint density at radius 2 is 2.62 bits per heavy atom. The summed E-state index contributed by atoms with van der Waals surface area (Å²) in [5.41, 5.74) is 0. The largest absolute Gasteiger partial charge is 0.387 e. The molecule has 0 saturated carbocycles. The van der Waals surface area contributed by atoms with Gasteiger partial charge in [-0.3, -0.25) is 0 Å². The molecule has 0 spiro atoms. The van der Waals surface area contributed by atoms with Crippen molar-refractivity contribution in [3.63, 3.8) is 0 Å². The van der Waals surface area contributed by atoms with Gasteiger partial charge in [0.05, 0.1) is 10.3 Å². The Morgan fingerprint density at radius 1 is 1.88 bits per heavy atom. The van der Waals surface area contributed by atoms with Gasteiger partial charge in [0.2, 0.25) is 0 Å². The van der Waals surface area contributed by atoms with E-state index in [0.717, 1.165) is 0 Å². The average Bonchev–Trinajstić information content (AvgIpc) is 1.77. The lowest BCUT2D eigenvalue weighted by Gasteiger charge is -2.10. The summed E-state index contributed by atoms with van der Waals surface area (Å²) in [4.78, 5) is 0. The second-order valence-corrected chi connectivity index (χ2v) is 3.21. The third-order valence-corrected chi connectivity index (χ3v) is 2.31. The zero-order chi connectivity index (χ0) is 5.98. The Kier molecular flexibility index (Phi) is 2.05. The van der Waals surface area contributed by atoms with Crippen molar-refractivity contribution in [3.8, 4) is 0 Å². The second kappa shape index (κ2) is 2.62. The summed E-state index contributed by atoms with van der Waals surface area (Å²) in [7, 11) is 0. The maximum absolute atomic E-state index is 8.96. The van der Waals surface area contributed by atoms with Gasteiger partial charge in [0.1, 0.15) is 0 Å². The van der Waals surface area contributed by atoms with Crippen molar-refractivity contribution in [1.29, 1.82) is 0 Å². The molecule has 1 unspecified atom stereocenters. The van der Waals surface area contributed by atoms with Gasteiger partial charge in [-0.2, -0.15) is 0 Å². The van der Waals surface area contributed by atoms with Crippen LogP contribution in [0, 0.1) is 0 Å². The van der Waals surface area contributed by atoms with Gasteiger partial charge in [-0.1, -0.05) is 30.1 Å². The molecule has 1 nitrogen and oxygen atoms in total. The summed E-state index contributed by atoms with van der Waals surface area (Å²) < 4.78 is 0.688. The Bertz CT molecular complexity index is 130. The third-order valence-electron chi connectivity index (χ3n) is 0.912.